The van der Waals surface area contributed by atoms with Gasteiger partial charge < -0.3 is 15.4 Å². The van der Waals surface area contributed by atoms with Gasteiger partial charge in [-0.15, -0.1) is 0 Å². The average Bonchev–Trinajstić information content (AvgIpc) is 2.89. The van der Waals surface area contributed by atoms with E-state index in [2.05, 4.69) is 15.7 Å². The Balaban J connectivity index is 1.88. The Hall–Kier alpha value is -2.83. The van der Waals surface area contributed by atoms with Crippen LogP contribution in [0.4, 0.5) is 10.5 Å². The first-order chi connectivity index (χ1) is 12.7. The van der Waals surface area contributed by atoms with Crippen molar-refractivity contribution in [2.75, 3.05) is 11.9 Å². The number of rotatable bonds is 6. The van der Waals surface area contributed by atoms with Gasteiger partial charge in [-0.25, -0.2) is 9.48 Å². The third-order valence-electron chi connectivity index (χ3n) is 3.66. The first kappa shape index (κ1) is 20.5. The molecule has 0 spiro atoms. The van der Waals surface area contributed by atoms with E-state index < -0.39 is 11.7 Å². The topological polar surface area (TPSA) is 85.2 Å². The zero-order chi connectivity index (χ0) is 20.0. The predicted molar refractivity (Wildman–Crippen MR) is 105 cm³/mol. The fourth-order valence-corrected chi connectivity index (χ4v) is 2.60. The third kappa shape index (κ3) is 6.44. The maximum absolute atomic E-state index is 12.3. The van der Waals surface area contributed by atoms with E-state index in [9.17, 15) is 9.59 Å². The molecule has 0 radical (unpaired) electrons. The number of aryl methyl sites for hydroxylation is 2. The van der Waals surface area contributed by atoms with Gasteiger partial charge in [0.2, 0.25) is 5.91 Å². The number of amides is 2. The van der Waals surface area contributed by atoms with Gasteiger partial charge in [0, 0.05) is 18.7 Å². The highest BCUT2D eigenvalue weighted by molar-refractivity contribution is 5.92. The molecule has 7 heteroatoms. The SMILES string of the molecule is Cc1cc(C)n(-c2ccccc2NC(=O)CCCNC(=O)OC(C)(C)C)n1. The highest BCUT2D eigenvalue weighted by atomic mass is 16.6. The average molecular weight is 372 g/mol. The Morgan fingerprint density at radius 1 is 1.19 bits per heavy atom. The number of carbonyl (C=O) groups is 2. The number of ether oxygens (including phenoxy) is 1. The molecule has 0 aliphatic rings. The fourth-order valence-electron chi connectivity index (χ4n) is 2.60. The van der Waals surface area contributed by atoms with Crippen LogP contribution in [0, 0.1) is 13.8 Å². The van der Waals surface area contributed by atoms with Crippen LogP contribution < -0.4 is 10.6 Å². The second-order valence-corrected chi connectivity index (χ2v) is 7.44. The molecule has 2 aromatic rings. The molecule has 146 valence electrons. The smallest absolute Gasteiger partial charge is 0.407 e. The van der Waals surface area contributed by atoms with Gasteiger partial charge in [0.15, 0.2) is 0 Å². The summed E-state index contributed by atoms with van der Waals surface area (Å²) in [5, 5.41) is 10.1. The Bertz CT molecular complexity index is 806. The summed E-state index contributed by atoms with van der Waals surface area (Å²) in [4.78, 5) is 23.9. The molecule has 0 saturated heterocycles. The van der Waals surface area contributed by atoms with Crippen LogP contribution in [-0.4, -0.2) is 33.9 Å². The standard InChI is InChI=1S/C20H28N4O3/c1-14-13-15(2)24(23-14)17-10-7-6-9-16(17)22-18(25)11-8-12-21-19(26)27-20(3,4)5/h6-7,9-10,13H,8,11-12H2,1-5H3,(H,21,26)(H,22,25). The van der Waals surface area contributed by atoms with Crippen LogP contribution in [0.3, 0.4) is 0 Å². The number of benzene rings is 1. The molecular formula is C20H28N4O3. The molecule has 1 aromatic heterocycles. The molecule has 0 unspecified atom stereocenters. The normalized spacial score (nSPS) is 11.1. The van der Waals surface area contributed by atoms with Gasteiger partial charge >= 0.3 is 6.09 Å². The molecule has 0 aliphatic carbocycles. The summed E-state index contributed by atoms with van der Waals surface area (Å²) < 4.78 is 6.97. The van der Waals surface area contributed by atoms with Crippen molar-refractivity contribution in [2.45, 2.75) is 53.1 Å². The molecule has 1 aromatic carbocycles. The number of alkyl carbamates (subject to hydrolysis) is 1. The van der Waals surface area contributed by atoms with Gasteiger partial charge in [-0.3, -0.25) is 4.79 Å². The van der Waals surface area contributed by atoms with Gasteiger partial charge in [0.05, 0.1) is 17.1 Å². The van der Waals surface area contributed by atoms with Crippen molar-refractivity contribution >= 4 is 17.7 Å². The van der Waals surface area contributed by atoms with Gasteiger partial charge in [-0.05, 0) is 59.2 Å². The van der Waals surface area contributed by atoms with Crippen molar-refractivity contribution in [3.8, 4) is 5.69 Å². The number of hydrogen-bond donors (Lipinski definition) is 2. The highest BCUT2D eigenvalue weighted by Gasteiger charge is 2.16. The maximum atomic E-state index is 12.3. The van der Waals surface area contributed by atoms with Crippen molar-refractivity contribution < 1.29 is 14.3 Å². The minimum atomic E-state index is -0.534. The number of nitrogens with zero attached hydrogens (tertiary/aromatic N) is 2. The van der Waals surface area contributed by atoms with Crippen LogP contribution in [-0.2, 0) is 9.53 Å². The Kier molecular flexibility index (Phi) is 6.60. The molecule has 7 nitrogen and oxygen atoms in total. The lowest BCUT2D eigenvalue weighted by Gasteiger charge is -2.19. The second-order valence-electron chi connectivity index (χ2n) is 7.44. The van der Waals surface area contributed by atoms with Crippen molar-refractivity contribution in [1.82, 2.24) is 15.1 Å². The summed E-state index contributed by atoms with van der Waals surface area (Å²) in [6.07, 6.45) is 0.340. The number of carbonyl (C=O) groups excluding carboxylic acids is 2. The van der Waals surface area contributed by atoms with Crippen LogP contribution in [0.15, 0.2) is 30.3 Å². The van der Waals surface area contributed by atoms with E-state index in [-0.39, 0.29) is 5.91 Å². The van der Waals surface area contributed by atoms with Crippen LogP contribution in [0.2, 0.25) is 0 Å². The molecule has 0 saturated carbocycles. The molecule has 2 N–H and O–H groups in total. The molecule has 0 aliphatic heterocycles. The second kappa shape index (κ2) is 8.70. The van der Waals surface area contributed by atoms with Gasteiger partial charge in [0.25, 0.3) is 0 Å². The van der Waals surface area contributed by atoms with Crippen LogP contribution in [0.25, 0.3) is 5.69 Å². The summed E-state index contributed by atoms with van der Waals surface area (Å²) in [5.41, 5.74) is 2.91. The molecular weight excluding hydrogens is 344 g/mol. The first-order valence-electron chi connectivity index (χ1n) is 9.05. The summed E-state index contributed by atoms with van der Waals surface area (Å²) >= 11 is 0. The lowest BCUT2D eigenvalue weighted by atomic mass is 10.2. The quantitative estimate of drug-likeness (QED) is 0.757. The van der Waals surface area contributed by atoms with Crippen LogP contribution >= 0.6 is 0 Å². The maximum Gasteiger partial charge on any atom is 0.407 e. The van der Waals surface area contributed by atoms with E-state index in [4.69, 9.17) is 4.74 Å². The predicted octanol–water partition coefficient (Wildman–Crippen LogP) is 3.73. The van der Waals surface area contributed by atoms with E-state index in [1.807, 2.05) is 48.9 Å². The number of para-hydroxylation sites is 2. The number of aromatic nitrogens is 2. The largest absolute Gasteiger partial charge is 0.444 e. The number of anilines is 1. The number of hydrogen-bond acceptors (Lipinski definition) is 4. The lowest BCUT2D eigenvalue weighted by Crippen LogP contribution is -2.33. The minimum absolute atomic E-state index is 0.116. The van der Waals surface area contributed by atoms with Gasteiger partial charge in [0.1, 0.15) is 5.60 Å². The van der Waals surface area contributed by atoms with Gasteiger partial charge in [-0.1, -0.05) is 12.1 Å². The van der Waals surface area contributed by atoms with E-state index >= 15 is 0 Å². The summed E-state index contributed by atoms with van der Waals surface area (Å²) in [7, 11) is 0. The molecule has 0 fully saturated rings. The molecule has 0 bridgehead atoms. The Morgan fingerprint density at radius 3 is 2.52 bits per heavy atom. The van der Waals surface area contributed by atoms with Gasteiger partial charge in [-0.2, -0.15) is 5.10 Å². The molecule has 2 rings (SSSR count). The summed E-state index contributed by atoms with van der Waals surface area (Å²) in [6, 6.07) is 9.53. The molecule has 1 heterocycles. The third-order valence-corrected chi connectivity index (χ3v) is 3.66. The van der Waals surface area contributed by atoms with E-state index in [1.165, 1.54) is 0 Å². The monoisotopic (exact) mass is 372 g/mol. The van der Waals surface area contributed by atoms with E-state index in [0.717, 1.165) is 17.1 Å². The molecule has 2 amide bonds. The Labute approximate surface area is 160 Å². The van der Waals surface area contributed by atoms with Crippen molar-refractivity contribution in [3.05, 3.63) is 41.7 Å². The lowest BCUT2D eigenvalue weighted by molar-refractivity contribution is -0.116. The van der Waals surface area contributed by atoms with E-state index in [0.29, 0.717) is 25.1 Å². The minimum Gasteiger partial charge on any atom is -0.444 e. The van der Waals surface area contributed by atoms with E-state index in [1.54, 1.807) is 20.8 Å². The zero-order valence-electron chi connectivity index (χ0n) is 16.6. The van der Waals surface area contributed by atoms with Crippen molar-refractivity contribution in [1.29, 1.82) is 0 Å². The fraction of sp³-hybridized carbons (Fsp3) is 0.450. The Morgan fingerprint density at radius 2 is 1.89 bits per heavy atom. The van der Waals surface area contributed by atoms with Crippen molar-refractivity contribution in [3.63, 3.8) is 0 Å². The van der Waals surface area contributed by atoms with Crippen LogP contribution in [0.1, 0.15) is 45.0 Å². The summed E-state index contributed by atoms with van der Waals surface area (Å²) in [6.45, 7) is 9.70. The zero-order valence-corrected chi connectivity index (χ0v) is 16.6. The summed E-state index contributed by atoms with van der Waals surface area (Å²) in [5.74, 6) is -0.116. The van der Waals surface area contributed by atoms with Crippen molar-refractivity contribution in [2.24, 2.45) is 0 Å². The highest BCUT2D eigenvalue weighted by Crippen LogP contribution is 2.21. The first-order valence-corrected chi connectivity index (χ1v) is 9.05. The molecule has 27 heavy (non-hydrogen) atoms. The molecule has 0 atom stereocenters. The van der Waals surface area contributed by atoms with Crippen LogP contribution in [0.5, 0.6) is 0 Å². The number of nitrogens with one attached hydrogen (secondary N) is 2.